The molecule has 0 saturated carbocycles. The molecule has 0 amide bonds. The van der Waals surface area contributed by atoms with Crippen LogP contribution in [0.1, 0.15) is 22.7 Å². The first-order valence-corrected chi connectivity index (χ1v) is 6.81. The number of hydrogen-bond acceptors (Lipinski definition) is 1. The Kier molecular flexibility index (Phi) is 4.50. The minimum Gasteiger partial charge on any atom is -0.309 e. The molecule has 0 aliphatic carbocycles. The average molecular weight is 344 g/mol. The maximum Gasteiger partial charge on any atom is 0.129 e. The molecule has 1 unspecified atom stereocenters. The number of rotatable bonds is 3. The summed E-state index contributed by atoms with van der Waals surface area (Å²) in [5.74, 6) is -1.57. The Morgan fingerprint density at radius 1 is 0.950 bits per heavy atom. The van der Waals surface area contributed by atoms with Crippen molar-refractivity contribution >= 4 is 15.9 Å². The number of hydrogen-bond donors (Lipinski definition) is 1. The molecule has 0 radical (unpaired) electrons. The van der Waals surface area contributed by atoms with Crippen LogP contribution in [0.15, 0.2) is 34.8 Å². The van der Waals surface area contributed by atoms with Crippen molar-refractivity contribution in [2.75, 3.05) is 7.05 Å². The lowest BCUT2D eigenvalue weighted by molar-refractivity contribution is 0.534. The van der Waals surface area contributed by atoms with Gasteiger partial charge in [0, 0.05) is 15.6 Å². The Morgan fingerprint density at radius 2 is 1.60 bits per heavy atom. The molecule has 5 heteroatoms. The molecule has 0 heterocycles. The largest absolute Gasteiger partial charge is 0.309 e. The van der Waals surface area contributed by atoms with Gasteiger partial charge in [-0.2, -0.15) is 0 Å². The number of halogens is 4. The summed E-state index contributed by atoms with van der Waals surface area (Å²) in [5, 5.41) is 2.82. The van der Waals surface area contributed by atoms with Crippen molar-refractivity contribution < 1.29 is 13.2 Å². The van der Waals surface area contributed by atoms with Crippen molar-refractivity contribution in [1.82, 2.24) is 5.32 Å². The zero-order valence-corrected chi connectivity index (χ0v) is 12.6. The summed E-state index contributed by atoms with van der Waals surface area (Å²) in [4.78, 5) is 0. The van der Waals surface area contributed by atoms with Crippen LogP contribution in [0.5, 0.6) is 0 Å². The molecule has 0 aliphatic rings. The highest BCUT2D eigenvalue weighted by molar-refractivity contribution is 9.10. The van der Waals surface area contributed by atoms with Crippen LogP contribution in [0, 0.1) is 24.4 Å². The summed E-state index contributed by atoms with van der Waals surface area (Å²) in [6.45, 7) is 1.48. The minimum absolute atomic E-state index is 0.0804. The van der Waals surface area contributed by atoms with Gasteiger partial charge in [-0.1, -0.05) is 22.0 Å². The number of benzene rings is 2. The third kappa shape index (κ3) is 2.88. The molecule has 1 nitrogen and oxygen atoms in total. The van der Waals surface area contributed by atoms with Crippen LogP contribution in [0.4, 0.5) is 13.2 Å². The molecular formula is C15H13BrF3N. The van der Waals surface area contributed by atoms with E-state index in [1.807, 2.05) is 0 Å². The monoisotopic (exact) mass is 343 g/mol. The number of nitrogens with one attached hydrogen (secondary N) is 1. The molecule has 0 bridgehead atoms. The summed E-state index contributed by atoms with van der Waals surface area (Å²) >= 11 is 3.16. The lowest BCUT2D eigenvalue weighted by Crippen LogP contribution is -2.20. The van der Waals surface area contributed by atoms with Crippen LogP contribution in [-0.4, -0.2) is 7.05 Å². The van der Waals surface area contributed by atoms with Gasteiger partial charge in [-0.3, -0.25) is 0 Å². The Balaban J connectivity index is 2.55. The molecule has 0 aliphatic heterocycles. The Labute approximate surface area is 123 Å². The van der Waals surface area contributed by atoms with Crippen LogP contribution in [0.2, 0.25) is 0 Å². The number of aryl methyl sites for hydroxylation is 1. The smallest absolute Gasteiger partial charge is 0.129 e. The summed E-state index contributed by atoms with van der Waals surface area (Å²) in [6, 6.07) is 5.96. The fraction of sp³-hybridized carbons (Fsp3) is 0.200. The SMILES string of the molecule is CNC(c1ccc(Br)cc1F)c1cc(F)c(C)cc1F. The van der Waals surface area contributed by atoms with E-state index in [0.717, 1.165) is 12.1 Å². The van der Waals surface area contributed by atoms with Gasteiger partial charge in [-0.25, -0.2) is 13.2 Å². The van der Waals surface area contributed by atoms with Crippen molar-refractivity contribution in [1.29, 1.82) is 0 Å². The molecule has 0 fully saturated rings. The van der Waals surface area contributed by atoms with E-state index in [0.29, 0.717) is 4.47 Å². The van der Waals surface area contributed by atoms with Crippen LogP contribution in [-0.2, 0) is 0 Å². The molecule has 0 saturated heterocycles. The van der Waals surface area contributed by atoms with Gasteiger partial charge >= 0.3 is 0 Å². The minimum atomic E-state index is -0.752. The molecule has 0 spiro atoms. The summed E-state index contributed by atoms with van der Waals surface area (Å²) < 4.78 is 42.3. The third-order valence-corrected chi connectivity index (χ3v) is 3.64. The molecule has 20 heavy (non-hydrogen) atoms. The van der Waals surface area contributed by atoms with E-state index in [1.54, 1.807) is 13.1 Å². The van der Waals surface area contributed by atoms with E-state index in [1.165, 1.54) is 19.1 Å². The van der Waals surface area contributed by atoms with Gasteiger partial charge in [-0.05, 0) is 43.8 Å². The van der Waals surface area contributed by atoms with E-state index in [9.17, 15) is 13.2 Å². The van der Waals surface area contributed by atoms with Gasteiger partial charge in [0.05, 0.1) is 6.04 Å². The van der Waals surface area contributed by atoms with E-state index in [2.05, 4.69) is 21.2 Å². The predicted molar refractivity (Wildman–Crippen MR) is 76.1 cm³/mol. The molecule has 1 atom stereocenters. The highest BCUT2D eigenvalue weighted by Crippen LogP contribution is 2.29. The van der Waals surface area contributed by atoms with Gasteiger partial charge < -0.3 is 5.32 Å². The van der Waals surface area contributed by atoms with Crippen LogP contribution >= 0.6 is 15.9 Å². The topological polar surface area (TPSA) is 12.0 Å². The van der Waals surface area contributed by atoms with Crippen molar-refractivity contribution in [2.24, 2.45) is 0 Å². The van der Waals surface area contributed by atoms with E-state index >= 15 is 0 Å². The second-order valence-corrected chi connectivity index (χ2v) is 5.43. The second-order valence-electron chi connectivity index (χ2n) is 4.51. The molecule has 2 aromatic rings. The van der Waals surface area contributed by atoms with E-state index in [4.69, 9.17) is 0 Å². The van der Waals surface area contributed by atoms with Crippen LogP contribution in [0.25, 0.3) is 0 Å². The maximum atomic E-state index is 14.0. The fourth-order valence-corrected chi connectivity index (χ4v) is 2.43. The Hall–Kier alpha value is -1.33. The van der Waals surface area contributed by atoms with Crippen molar-refractivity contribution in [3.8, 4) is 0 Å². The Morgan fingerprint density at radius 3 is 2.20 bits per heavy atom. The molecular weight excluding hydrogens is 331 g/mol. The van der Waals surface area contributed by atoms with E-state index in [-0.39, 0.29) is 16.7 Å². The third-order valence-electron chi connectivity index (χ3n) is 3.15. The lowest BCUT2D eigenvalue weighted by Gasteiger charge is -2.19. The normalized spacial score (nSPS) is 12.5. The van der Waals surface area contributed by atoms with Gasteiger partial charge in [-0.15, -0.1) is 0 Å². The zero-order valence-electron chi connectivity index (χ0n) is 11.0. The first-order chi connectivity index (χ1) is 9.43. The van der Waals surface area contributed by atoms with Gasteiger partial charge in [0.2, 0.25) is 0 Å². The lowest BCUT2D eigenvalue weighted by atomic mass is 9.96. The van der Waals surface area contributed by atoms with Crippen molar-refractivity contribution in [3.63, 3.8) is 0 Å². The highest BCUT2D eigenvalue weighted by Gasteiger charge is 2.21. The van der Waals surface area contributed by atoms with Crippen LogP contribution < -0.4 is 5.32 Å². The van der Waals surface area contributed by atoms with Gasteiger partial charge in [0.25, 0.3) is 0 Å². The Bertz CT molecular complexity index is 643. The highest BCUT2D eigenvalue weighted by atomic mass is 79.9. The average Bonchev–Trinajstić information content (AvgIpc) is 2.38. The second kappa shape index (κ2) is 5.97. The van der Waals surface area contributed by atoms with Crippen molar-refractivity contribution in [3.05, 3.63) is 68.9 Å². The van der Waals surface area contributed by atoms with Gasteiger partial charge in [0.1, 0.15) is 17.5 Å². The first kappa shape index (κ1) is 15.1. The summed E-state index contributed by atoms with van der Waals surface area (Å²) in [6.07, 6.45) is 0. The van der Waals surface area contributed by atoms with E-state index < -0.39 is 23.5 Å². The van der Waals surface area contributed by atoms with Crippen LogP contribution in [0.3, 0.4) is 0 Å². The molecule has 106 valence electrons. The molecule has 2 rings (SSSR count). The predicted octanol–water partition coefficient (Wildman–Crippen LogP) is 4.48. The first-order valence-electron chi connectivity index (χ1n) is 6.01. The summed E-state index contributed by atoms with van der Waals surface area (Å²) in [7, 11) is 1.57. The quantitative estimate of drug-likeness (QED) is 0.866. The maximum absolute atomic E-state index is 14.0. The summed E-state index contributed by atoms with van der Waals surface area (Å²) in [5.41, 5.74) is 0.562. The fourth-order valence-electron chi connectivity index (χ4n) is 2.10. The molecule has 2 aromatic carbocycles. The standard InChI is InChI=1S/C15H13BrF3N/c1-8-5-13(18)11(7-12(8)17)15(20-2)10-4-3-9(16)6-14(10)19/h3-7,15,20H,1-2H3. The van der Waals surface area contributed by atoms with Gasteiger partial charge in [0.15, 0.2) is 0 Å². The molecule has 1 N–H and O–H groups in total. The zero-order chi connectivity index (χ0) is 14.9. The molecule has 0 aromatic heterocycles. The van der Waals surface area contributed by atoms with Crippen molar-refractivity contribution in [2.45, 2.75) is 13.0 Å².